The highest BCUT2D eigenvalue weighted by molar-refractivity contribution is 5.78. The summed E-state index contributed by atoms with van der Waals surface area (Å²) in [5.41, 5.74) is 1.48. The van der Waals surface area contributed by atoms with Gasteiger partial charge in [0, 0.05) is 0 Å². The first-order valence-electron chi connectivity index (χ1n) is 5.04. The van der Waals surface area contributed by atoms with Crippen LogP contribution in [0.3, 0.4) is 0 Å². The Morgan fingerprint density at radius 2 is 2.22 bits per heavy atom. The molecule has 1 N–H and O–H groups in total. The van der Waals surface area contributed by atoms with Crippen molar-refractivity contribution in [1.82, 2.24) is 5.43 Å². The van der Waals surface area contributed by atoms with Gasteiger partial charge in [0.25, 0.3) is 0 Å². The number of hydrogen-bond acceptors (Lipinski definition) is 6. The zero-order valence-corrected chi connectivity index (χ0v) is 10.2. The Kier molecular flexibility index (Phi) is 4.03. The standard InChI is InChI=1S/C10H13N3O5/c1-10(2,3)18-9(14)12-11-6-7-4-5-8(17-7)13(15)16/h4-6H,1-3H3,(H,12,14). The lowest BCUT2D eigenvalue weighted by Gasteiger charge is -2.18. The molecule has 0 aliphatic carbocycles. The normalized spacial score (nSPS) is 11.5. The monoisotopic (exact) mass is 255 g/mol. The molecular formula is C10H13N3O5. The molecule has 0 spiro atoms. The van der Waals surface area contributed by atoms with E-state index in [-0.39, 0.29) is 5.76 Å². The number of hydrazone groups is 1. The fraction of sp³-hybridized carbons (Fsp3) is 0.400. The van der Waals surface area contributed by atoms with Crippen LogP contribution < -0.4 is 5.43 Å². The van der Waals surface area contributed by atoms with E-state index in [1.807, 2.05) is 0 Å². The largest absolute Gasteiger partial charge is 0.443 e. The van der Waals surface area contributed by atoms with Crippen LogP contribution in [0.25, 0.3) is 0 Å². The molecule has 0 bridgehead atoms. The van der Waals surface area contributed by atoms with Crippen molar-refractivity contribution in [2.75, 3.05) is 0 Å². The SMILES string of the molecule is CC(C)(C)OC(=O)NN=Cc1ccc([N+](=O)[O-])o1. The molecular weight excluding hydrogens is 242 g/mol. The smallest absolute Gasteiger partial charge is 0.433 e. The third-order valence-corrected chi connectivity index (χ3v) is 1.54. The van der Waals surface area contributed by atoms with E-state index in [1.165, 1.54) is 12.1 Å². The highest BCUT2D eigenvalue weighted by Crippen LogP contribution is 2.13. The summed E-state index contributed by atoms with van der Waals surface area (Å²) in [5, 5.41) is 13.9. The lowest BCUT2D eigenvalue weighted by Crippen LogP contribution is -2.29. The number of hydrogen-bond donors (Lipinski definition) is 1. The number of nitro groups is 1. The number of nitrogens with one attached hydrogen (secondary N) is 1. The molecule has 98 valence electrons. The van der Waals surface area contributed by atoms with Gasteiger partial charge in [-0.2, -0.15) is 5.10 Å². The quantitative estimate of drug-likeness (QED) is 0.505. The van der Waals surface area contributed by atoms with Crippen LogP contribution in [-0.2, 0) is 4.74 Å². The second-order valence-corrected chi connectivity index (χ2v) is 4.31. The van der Waals surface area contributed by atoms with Gasteiger partial charge in [0.15, 0.2) is 5.76 Å². The average Bonchev–Trinajstić information content (AvgIpc) is 2.63. The number of rotatable bonds is 3. The maximum Gasteiger partial charge on any atom is 0.433 e. The summed E-state index contributed by atoms with van der Waals surface area (Å²) in [6.07, 6.45) is 0.413. The third kappa shape index (κ3) is 4.64. The summed E-state index contributed by atoms with van der Waals surface area (Å²) in [4.78, 5) is 20.8. The molecule has 0 radical (unpaired) electrons. The van der Waals surface area contributed by atoms with Crippen molar-refractivity contribution in [1.29, 1.82) is 0 Å². The Hall–Kier alpha value is -2.38. The number of carbonyl (C=O) groups is 1. The number of nitrogens with zero attached hydrogens (tertiary/aromatic N) is 2. The fourth-order valence-corrected chi connectivity index (χ4v) is 0.959. The van der Waals surface area contributed by atoms with E-state index in [0.29, 0.717) is 0 Å². The summed E-state index contributed by atoms with van der Waals surface area (Å²) in [6, 6.07) is 2.55. The molecule has 0 fully saturated rings. The highest BCUT2D eigenvalue weighted by atomic mass is 16.6. The molecule has 0 unspecified atom stereocenters. The molecule has 1 aromatic heterocycles. The van der Waals surface area contributed by atoms with Crippen LogP contribution in [0.2, 0.25) is 0 Å². The zero-order valence-electron chi connectivity index (χ0n) is 10.2. The van der Waals surface area contributed by atoms with E-state index < -0.39 is 22.5 Å². The molecule has 0 saturated carbocycles. The van der Waals surface area contributed by atoms with Crippen LogP contribution >= 0.6 is 0 Å². The van der Waals surface area contributed by atoms with Crippen LogP contribution in [0.15, 0.2) is 21.7 Å². The van der Waals surface area contributed by atoms with Gasteiger partial charge in [-0.25, -0.2) is 10.2 Å². The van der Waals surface area contributed by atoms with Gasteiger partial charge in [0.2, 0.25) is 0 Å². The van der Waals surface area contributed by atoms with Crippen molar-refractivity contribution < 1.29 is 18.9 Å². The number of furan rings is 1. The highest BCUT2D eigenvalue weighted by Gasteiger charge is 2.15. The predicted molar refractivity (Wildman–Crippen MR) is 62.3 cm³/mol. The van der Waals surface area contributed by atoms with Crippen LogP contribution in [0.5, 0.6) is 0 Å². The Bertz CT molecular complexity index is 472. The van der Waals surface area contributed by atoms with Gasteiger partial charge in [-0.05, 0) is 26.8 Å². The lowest BCUT2D eigenvalue weighted by atomic mass is 10.2. The summed E-state index contributed by atoms with van der Waals surface area (Å²) in [6.45, 7) is 5.14. The van der Waals surface area contributed by atoms with Gasteiger partial charge >= 0.3 is 12.0 Å². The number of amides is 1. The van der Waals surface area contributed by atoms with Crippen molar-refractivity contribution in [2.24, 2.45) is 5.10 Å². The number of ether oxygens (including phenoxy) is 1. The van der Waals surface area contributed by atoms with E-state index in [2.05, 4.69) is 10.5 Å². The second-order valence-electron chi connectivity index (χ2n) is 4.31. The number of carbonyl (C=O) groups excluding carboxylic acids is 1. The molecule has 1 heterocycles. The average molecular weight is 255 g/mol. The van der Waals surface area contributed by atoms with Gasteiger partial charge in [-0.15, -0.1) is 0 Å². The molecule has 8 nitrogen and oxygen atoms in total. The summed E-state index contributed by atoms with van der Waals surface area (Å²) < 4.78 is 9.70. The molecule has 0 aliphatic heterocycles. The Labute approximate surface area is 103 Å². The molecule has 0 aromatic carbocycles. The van der Waals surface area contributed by atoms with E-state index in [4.69, 9.17) is 9.15 Å². The van der Waals surface area contributed by atoms with Crippen LogP contribution in [0.1, 0.15) is 26.5 Å². The van der Waals surface area contributed by atoms with E-state index in [1.54, 1.807) is 20.8 Å². The van der Waals surface area contributed by atoms with Gasteiger partial charge in [-0.3, -0.25) is 10.1 Å². The third-order valence-electron chi connectivity index (χ3n) is 1.54. The maximum atomic E-state index is 11.2. The van der Waals surface area contributed by atoms with Crippen LogP contribution in [0.4, 0.5) is 10.7 Å². The molecule has 1 rings (SSSR count). The van der Waals surface area contributed by atoms with Crippen molar-refractivity contribution in [2.45, 2.75) is 26.4 Å². The van der Waals surface area contributed by atoms with Crippen molar-refractivity contribution in [3.8, 4) is 0 Å². The summed E-state index contributed by atoms with van der Waals surface area (Å²) >= 11 is 0. The first-order chi connectivity index (χ1) is 8.28. The van der Waals surface area contributed by atoms with Gasteiger partial charge in [-0.1, -0.05) is 0 Å². The molecule has 0 aliphatic rings. The van der Waals surface area contributed by atoms with E-state index in [9.17, 15) is 14.9 Å². The van der Waals surface area contributed by atoms with Gasteiger partial charge in [0.1, 0.15) is 10.5 Å². The second kappa shape index (κ2) is 5.30. The van der Waals surface area contributed by atoms with Crippen molar-refractivity contribution >= 4 is 18.2 Å². The Balaban J connectivity index is 2.49. The minimum absolute atomic E-state index is 0.151. The minimum atomic E-state index is -0.722. The summed E-state index contributed by atoms with van der Waals surface area (Å²) in [7, 11) is 0. The molecule has 1 amide bonds. The molecule has 0 atom stereocenters. The first kappa shape index (κ1) is 13.7. The summed E-state index contributed by atoms with van der Waals surface area (Å²) in [5.74, 6) is -0.244. The predicted octanol–water partition coefficient (Wildman–Crippen LogP) is 2.05. The zero-order chi connectivity index (χ0) is 13.8. The molecule has 8 heteroatoms. The molecule has 1 aromatic rings. The van der Waals surface area contributed by atoms with Gasteiger partial charge < -0.3 is 9.15 Å². The topological polar surface area (TPSA) is 107 Å². The Morgan fingerprint density at radius 1 is 1.56 bits per heavy atom. The minimum Gasteiger partial charge on any atom is -0.443 e. The van der Waals surface area contributed by atoms with Gasteiger partial charge in [0.05, 0.1) is 12.3 Å². The maximum absolute atomic E-state index is 11.2. The lowest BCUT2D eigenvalue weighted by molar-refractivity contribution is -0.402. The van der Waals surface area contributed by atoms with E-state index >= 15 is 0 Å². The van der Waals surface area contributed by atoms with Crippen LogP contribution in [-0.4, -0.2) is 22.8 Å². The van der Waals surface area contributed by atoms with Crippen molar-refractivity contribution in [3.63, 3.8) is 0 Å². The first-order valence-corrected chi connectivity index (χ1v) is 5.04. The Morgan fingerprint density at radius 3 is 2.72 bits per heavy atom. The molecule has 18 heavy (non-hydrogen) atoms. The van der Waals surface area contributed by atoms with E-state index in [0.717, 1.165) is 6.21 Å². The fourth-order valence-electron chi connectivity index (χ4n) is 0.959. The molecule has 0 saturated heterocycles. The van der Waals surface area contributed by atoms with Crippen LogP contribution in [0, 0.1) is 10.1 Å². The van der Waals surface area contributed by atoms with Crippen molar-refractivity contribution in [3.05, 3.63) is 28.0 Å².